The van der Waals surface area contributed by atoms with Crippen molar-refractivity contribution < 1.29 is 4.74 Å². The first-order valence-electron chi connectivity index (χ1n) is 16.3. The lowest BCUT2D eigenvalue weighted by Crippen LogP contribution is -2.58. The maximum atomic E-state index is 6.40. The molecule has 0 radical (unpaired) electrons. The van der Waals surface area contributed by atoms with Crippen molar-refractivity contribution in [2.75, 3.05) is 4.90 Å². The van der Waals surface area contributed by atoms with Gasteiger partial charge in [-0.3, -0.25) is 0 Å². The molecule has 0 saturated carbocycles. The average molecular weight is 592 g/mol. The lowest BCUT2D eigenvalue weighted by molar-refractivity contribution is 0.477. The summed E-state index contributed by atoms with van der Waals surface area (Å²) in [6.07, 6.45) is 0. The quantitative estimate of drug-likeness (QED) is 0.189. The summed E-state index contributed by atoms with van der Waals surface area (Å²) in [5.74, 6) is 1.77. The summed E-state index contributed by atoms with van der Waals surface area (Å²) >= 11 is 0. The zero-order valence-corrected chi connectivity index (χ0v) is 29.2. The van der Waals surface area contributed by atoms with Crippen LogP contribution in [0.15, 0.2) is 60.7 Å². The van der Waals surface area contributed by atoms with Crippen molar-refractivity contribution in [1.82, 2.24) is 0 Å². The third-order valence-electron chi connectivity index (χ3n) is 11.0. The molecular weight excluding hydrogens is 545 g/mol. The Balaban J connectivity index is 1.73. The Morgan fingerprint density at radius 3 is 1.13 bits per heavy atom. The van der Waals surface area contributed by atoms with Crippen LogP contribution in [0.3, 0.4) is 0 Å². The summed E-state index contributed by atoms with van der Waals surface area (Å²) in [5, 5.41) is 0. The average Bonchev–Trinajstić information content (AvgIpc) is 3.01. The second-order valence-electron chi connectivity index (χ2n) is 13.4. The molecule has 0 bridgehead atoms. The summed E-state index contributed by atoms with van der Waals surface area (Å²) in [6, 6.07) is 21.5. The van der Waals surface area contributed by atoms with E-state index in [0.717, 1.165) is 22.9 Å². The number of hydrogen-bond acceptors (Lipinski definition) is 2. The number of nitrogens with zero attached hydrogens (tertiary/aromatic N) is 1. The van der Waals surface area contributed by atoms with E-state index < -0.39 is 0 Å². The number of aryl methyl sites for hydroxylation is 4. The topological polar surface area (TPSA) is 12.5 Å². The van der Waals surface area contributed by atoms with Gasteiger partial charge in [0.2, 0.25) is 6.71 Å². The maximum absolute atomic E-state index is 6.40. The van der Waals surface area contributed by atoms with E-state index in [1.54, 1.807) is 0 Å². The number of hydrogen-bond donors (Lipinski definition) is 0. The second-order valence-corrected chi connectivity index (χ2v) is 13.4. The molecule has 5 aromatic carbocycles. The molecule has 0 amide bonds. The van der Waals surface area contributed by atoms with Crippen LogP contribution in [-0.2, 0) is 0 Å². The van der Waals surface area contributed by atoms with Gasteiger partial charge in [0, 0.05) is 0 Å². The van der Waals surface area contributed by atoms with E-state index in [0.29, 0.717) is 0 Å². The normalized spacial score (nSPS) is 12.1. The maximum Gasteiger partial charge on any atom is 0.243 e. The van der Waals surface area contributed by atoms with Crippen LogP contribution in [0.1, 0.15) is 66.8 Å². The first-order valence-corrected chi connectivity index (χ1v) is 16.3. The highest BCUT2D eigenvalue weighted by molar-refractivity contribution is 6.97. The van der Waals surface area contributed by atoms with E-state index in [1.807, 2.05) is 0 Å². The molecule has 0 aliphatic carbocycles. The second kappa shape index (κ2) is 11.3. The van der Waals surface area contributed by atoms with Crippen LogP contribution in [0.4, 0.5) is 17.1 Å². The van der Waals surface area contributed by atoms with Gasteiger partial charge in [-0.05, 0) is 141 Å². The van der Waals surface area contributed by atoms with E-state index in [2.05, 4.69) is 149 Å². The Morgan fingerprint density at radius 2 is 0.756 bits per heavy atom. The van der Waals surface area contributed by atoms with Crippen LogP contribution in [0.5, 0.6) is 11.5 Å². The molecule has 228 valence electrons. The van der Waals surface area contributed by atoms with Gasteiger partial charge < -0.3 is 9.64 Å². The standard InChI is InChI=1S/C42H46BNO/c1-23-21-24(2)28(6)39(27(23)5)43(40-29(7)25(3)22-26(4)30(40)8)41-31(9)33(11)42(34(12)32(41)10)44-35-17-13-15-19-37(35)45-38-20-16-14-18-36(38)44/h13-22H,1-12H3. The van der Waals surface area contributed by atoms with Gasteiger partial charge >= 0.3 is 0 Å². The van der Waals surface area contributed by atoms with Crippen LogP contribution >= 0.6 is 0 Å². The van der Waals surface area contributed by atoms with E-state index >= 15 is 0 Å². The fourth-order valence-corrected chi connectivity index (χ4v) is 7.83. The van der Waals surface area contributed by atoms with Gasteiger partial charge in [0.05, 0.1) is 17.1 Å². The molecule has 3 heteroatoms. The third-order valence-corrected chi connectivity index (χ3v) is 11.0. The highest BCUT2D eigenvalue weighted by Crippen LogP contribution is 2.52. The summed E-state index contributed by atoms with van der Waals surface area (Å²) in [4.78, 5) is 2.43. The van der Waals surface area contributed by atoms with Crippen molar-refractivity contribution in [2.45, 2.75) is 83.1 Å². The van der Waals surface area contributed by atoms with Crippen LogP contribution in [0, 0.1) is 83.1 Å². The van der Waals surface area contributed by atoms with Gasteiger partial charge in [-0.1, -0.05) is 86.2 Å². The molecule has 6 rings (SSSR count). The Morgan fingerprint density at radius 1 is 0.422 bits per heavy atom. The van der Waals surface area contributed by atoms with Gasteiger partial charge in [0.1, 0.15) is 0 Å². The van der Waals surface area contributed by atoms with Crippen LogP contribution in [-0.4, -0.2) is 6.71 Å². The molecule has 0 aromatic heterocycles. The first kappa shape index (κ1) is 30.8. The molecule has 1 aliphatic heterocycles. The van der Waals surface area contributed by atoms with Gasteiger partial charge in [-0.25, -0.2) is 0 Å². The van der Waals surface area contributed by atoms with E-state index in [1.165, 1.54) is 88.8 Å². The van der Waals surface area contributed by atoms with Crippen molar-refractivity contribution in [2.24, 2.45) is 0 Å². The molecular formula is C42H46BNO. The Bertz CT molecular complexity index is 1830. The zero-order chi connectivity index (χ0) is 32.5. The summed E-state index contributed by atoms with van der Waals surface area (Å²) in [6.45, 7) is 27.9. The Labute approximate surface area is 271 Å². The summed E-state index contributed by atoms with van der Waals surface area (Å²) in [7, 11) is 0. The van der Waals surface area contributed by atoms with E-state index in [9.17, 15) is 0 Å². The number of rotatable bonds is 4. The third kappa shape index (κ3) is 4.71. The van der Waals surface area contributed by atoms with Crippen molar-refractivity contribution in [1.29, 1.82) is 0 Å². The first-order chi connectivity index (χ1) is 21.3. The number of ether oxygens (including phenoxy) is 1. The molecule has 0 N–H and O–H groups in total. The molecule has 0 fully saturated rings. The van der Waals surface area contributed by atoms with Gasteiger partial charge in [-0.15, -0.1) is 0 Å². The minimum Gasteiger partial charge on any atom is -0.453 e. The number of fused-ring (bicyclic) bond motifs is 2. The molecule has 0 saturated heterocycles. The smallest absolute Gasteiger partial charge is 0.243 e. The fraction of sp³-hybridized carbons (Fsp3) is 0.286. The predicted octanol–water partition coefficient (Wildman–Crippen LogP) is 9.48. The van der Waals surface area contributed by atoms with Crippen LogP contribution < -0.4 is 26.0 Å². The molecule has 45 heavy (non-hydrogen) atoms. The highest BCUT2D eigenvalue weighted by Gasteiger charge is 2.36. The minimum absolute atomic E-state index is 0.123. The molecule has 5 aromatic rings. The monoisotopic (exact) mass is 591 g/mol. The van der Waals surface area contributed by atoms with Crippen molar-refractivity contribution in [3.8, 4) is 11.5 Å². The highest BCUT2D eigenvalue weighted by atomic mass is 16.5. The van der Waals surface area contributed by atoms with Crippen molar-refractivity contribution in [3.63, 3.8) is 0 Å². The molecule has 0 spiro atoms. The van der Waals surface area contributed by atoms with Gasteiger partial charge in [0.15, 0.2) is 11.5 Å². The van der Waals surface area contributed by atoms with Crippen molar-refractivity contribution >= 4 is 40.2 Å². The number of anilines is 3. The summed E-state index contributed by atoms with van der Waals surface area (Å²) in [5.41, 5.74) is 24.1. The Hall–Kier alpha value is -4.24. The molecule has 0 unspecified atom stereocenters. The Kier molecular flexibility index (Phi) is 7.72. The summed E-state index contributed by atoms with van der Waals surface area (Å²) < 4.78 is 6.40. The lowest BCUT2D eigenvalue weighted by Gasteiger charge is -2.37. The van der Waals surface area contributed by atoms with Crippen LogP contribution in [0.25, 0.3) is 0 Å². The van der Waals surface area contributed by atoms with Crippen LogP contribution in [0.2, 0.25) is 0 Å². The number of para-hydroxylation sites is 4. The molecule has 2 nitrogen and oxygen atoms in total. The van der Waals surface area contributed by atoms with Crippen molar-refractivity contribution in [3.05, 3.63) is 127 Å². The largest absolute Gasteiger partial charge is 0.453 e. The predicted molar refractivity (Wildman–Crippen MR) is 196 cm³/mol. The minimum atomic E-state index is 0.123. The van der Waals surface area contributed by atoms with Gasteiger partial charge in [-0.2, -0.15) is 0 Å². The molecule has 0 atom stereocenters. The van der Waals surface area contributed by atoms with E-state index in [4.69, 9.17) is 4.74 Å². The van der Waals surface area contributed by atoms with E-state index in [-0.39, 0.29) is 6.71 Å². The molecule has 1 heterocycles. The lowest BCUT2D eigenvalue weighted by atomic mass is 9.32. The fourth-order valence-electron chi connectivity index (χ4n) is 7.83. The number of benzene rings is 5. The van der Waals surface area contributed by atoms with Gasteiger partial charge in [0.25, 0.3) is 0 Å². The SMILES string of the molecule is Cc1cc(C)c(C)c(B(c2c(C)c(C)cc(C)c2C)c2c(C)c(C)c(N3c4ccccc4Oc4ccccc43)c(C)c2C)c1C. The zero-order valence-electron chi connectivity index (χ0n) is 29.2. The molecule has 1 aliphatic rings.